The molecule has 0 aliphatic heterocycles. The van der Waals surface area contributed by atoms with Crippen LogP contribution in [0.1, 0.15) is 33.1 Å². The van der Waals surface area contributed by atoms with Crippen molar-refractivity contribution in [3.8, 4) is 0 Å². The summed E-state index contributed by atoms with van der Waals surface area (Å²) in [4.78, 5) is 17.4. The van der Waals surface area contributed by atoms with Gasteiger partial charge in [0.1, 0.15) is 0 Å². The topological polar surface area (TPSA) is 77.8 Å². The highest BCUT2D eigenvalue weighted by molar-refractivity contribution is 7.52. The molecule has 0 radical (unpaired) electrons. The third-order valence-corrected chi connectivity index (χ3v) is 2.72. The van der Waals surface area contributed by atoms with Gasteiger partial charge in [-0.05, 0) is 18.4 Å². The zero-order chi connectivity index (χ0) is 10.5. The van der Waals surface area contributed by atoms with Crippen LogP contribution in [0, 0.1) is 0 Å². The van der Waals surface area contributed by atoms with Crippen molar-refractivity contribution in [2.75, 3.05) is 0 Å². The van der Waals surface area contributed by atoms with Crippen LogP contribution in [0.25, 0.3) is 0 Å². The van der Waals surface area contributed by atoms with Gasteiger partial charge in [0.05, 0.1) is 0 Å². The predicted molar refractivity (Wildman–Crippen MR) is 51.3 cm³/mol. The number of unbranched alkanes of at least 4 members (excludes halogenated alkanes) is 1. The maximum absolute atomic E-state index is 10.7. The second-order valence-corrected chi connectivity index (χ2v) is 4.55. The molecular weight excluding hydrogens is 191 g/mol. The standard InChI is InChI=1S/C8H17O4P/c1-3-5-6-7(4-2)8(9)13(10,11)12/h6,8-9H,3-5H2,1-2H3,(H2,10,11,12). The fraction of sp³-hybridized carbons (Fsp3) is 0.750. The summed E-state index contributed by atoms with van der Waals surface area (Å²) in [6.45, 7) is 3.73. The first-order chi connectivity index (χ1) is 5.93. The molecule has 0 aliphatic rings. The van der Waals surface area contributed by atoms with Crippen molar-refractivity contribution in [2.24, 2.45) is 0 Å². The first-order valence-electron chi connectivity index (χ1n) is 4.35. The molecule has 0 aromatic heterocycles. The summed E-state index contributed by atoms with van der Waals surface area (Å²) >= 11 is 0. The molecule has 0 fully saturated rings. The SMILES string of the molecule is CCCC=C(CC)C(O)P(=O)(O)O. The van der Waals surface area contributed by atoms with Gasteiger partial charge < -0.3 is 14.9 Å². The normalized spacial score (nSPS) is 15.9. The van der Waals surface area contributed by atoms with Gasteiger partial charge in [-0.15, -0.1) is 0 Å². The van der Waals surface area contributed by atoms with Crippen LogP contribution in [0.4, 0.5) is 0 Å². The summed E-state index contributed by atoms with van der Waals surface area (Å²) in [6, 6.07) is 0. The van der Waals surface area contributed by atoms with Crippen LogP contribution in [0.15, 0.2) is 11.6 Å². The quantitative estimate of drug-likeness (QED) is 0.474. The highest BCUT2D eigenvalue weighted by Gasteiger charge is 2.28. The number of hydrogen-bond donors (Lipinski definition) is 3. The predicted octanol–water partition coefficient (Wildman–Crippen LogP) is 1.62. The second-order valence-electron chi connectivity index (χ2n) is 2.88. The number of rotatable bonds is 5. The summed E-state index contributed by atoms with van der Waals surface area (Å²) < 4.78 is 10.7. The lowest BCUT2D eigenvalue weighted by molar-refractivity contribution is 0.226. The van der Waals surface area contributed by atoms with E-state index in [1.54, 1.807) is 13.0 Å². The molecule has 0 amide bonds. The first kappa shape index (κ1) is 12.8. The van der Waals surface area contributed by atoms with E-state index in [-0.39, 0.29) is 0 Å². The minimum atomic E-state index is -4.38. The van der Waals surface area contributed by atoms with Crippen LogP contribution >= 0.6 is 7.60 Å². The molecule has 0 aromatic rings. The molecule has 3 N–H and O–H groups in total. The van der Waals surface area contributed by atoms with Crippen molar-refractivity contribution >= 4 is 7.60 Å². The van der Waals surface area contributed by atoms with Gasteiger partial charge in [-0.25, -0.2) is 0 Å². The van der Waals surface area contributed by atoms with Gasteiger partial charge in [0, 0.05) is 0 Å². The van der Waals surface area contributed by atoms with Gasteiger partial charge in [-0.2, -0.15) is 0 Å². The Bertz CT molecular complexity index is 218. The third-order valence-electron chi connectivity index (χ3n) is 1.75. The Morgan fingerprint density at radius 3 is 2.31 bits per heavy atom. The van der Waals surface area contributed by atoms with Crippen LogP contribution in [0.2, 0.25) is 0 Å². The molecule has 0 spiro atoms. The van der Waals surface area contributed by atoms with Crippen molar-refractivity contribution in [3.05, 3.63) is 11.6 Å². The van der Waals surface area contributed by atoms with E-state index in [1.165, 1.54) is 0 Å². The Labute approximate surface area is 78.4 Å². The van der Waals surface area contributed by atoms with Crippen molar-refractivity contribution in [2.45, 2.75) is 39.0 Å². The van der Waals surface area contributed by atoms with E-state index < -0.39 is 13.4 Å². The average molecular weight is 208 g/mol. The molecule has 0 aromatic carbocycles. The van der Waals surface area contributed by atoms with Crippen LogP contribution in [0.5, 0.6) is 0 Å². The number of allylic oxidation sites excluding steroid dienone is 1. The lowest BCUT2D eigenvalue weighted by Gasteiger charge is -2.14. The van der Waals surface area contributed by atoms with Crippen molar-refractivity contribution in [3.63, 3.8) is 0 Å². The molecule has 0 saturated carbocycles. The number of aliphatic hydroxyl groups is 1. The zero-order valence-electron chi connectivity index (χ0n) is 7.97. The maximum Gasteiger partial charge on any atom is 0.357 e. The molecule has 1 atom stereocenters. The Morgan fingerprint density at radius 1 is 1.46 bits per heavy atom. The van der Waals surface area contributed by atoms with Crippen LogP contribution in [-0.4, -0.2) is 20.7 Å². The highest BCUT2D eigenvalue weighted by atomic mass is 31.2. The summed E-state index contributed by atoms with van der Waals surface area (Å²) in [5, 5.41) is 9.24. The van der Waals surface area contributed by atoms with Gasteiger partial charge in [0.25, 0.3) is 0 Å². The highest BCUT2D eigenvalue weighted by Crippen LogP contribution is 2.43. The summed E-state index contributed by atoms with van der Waals surface area (Å²) in [7, 11) is -4.38. The Hall–Kier alpha value is -0.150. The lowest BCUT2D eigenvalue weighted by atomic mass is 10.1. The second kappa shape index (κ2) is 5.55. The van der Waals surface area contributed by atoms with E-state index in [9.17, 15) is 9.67 Å². The van der Waals surface area contributed by atoms with E-state index in [0.717, 1.165) is 12.8 Å². The lowest BCUT2D eigenvalue weighted by Crippen LogP contribution is -2.10. The molecule has 13 heavy (non-hydrogen) atoms. The summed E-state index contributed by atoms with van der Waals surface area (Å²) in [6.07, 6.45) is 3.80. The first-order valence-corrected chi connectivity index (χ1v) is 6.03. The van der Waals surface area contributed by atoms with Gasteiger partial charge in [-0.1, -0.05) is 26.3 Å². The van der Waals surface area contributed by atoms with E-state index in [0.29, 0.717) is 12.0 Å². The van der Waals surface area contributed by atoms with Crippen LogP contribution < -0.4 is 0 Å². The van der Waals surface area contributed by atoms with Gasteiger partial charge in [-0.3, -0.25) is 4.57 Å². The molecule has 0 aliphatic carbocycles. The van der Waals surface area contributed by atoms with E-state index in [1.807, 2.05) is 6.92 Å². The van der Waals surface area contributed by atoms with Crippen molar-refractivity contribution < 1.29 is 19.5 Å². The fourth-order valence-electron chi connectivity index (χ4n) is 0.978. The largest absolute Gasteiger partial charge is 0.376 e. The molecule has 0 rings (SSSR count). The molecule has 0 heterocycles. The molecule has 4 nitrogen and oxygen atoms in total. The fourth-order valence-corrected chi connectivity index (χ4v) is 1.70. The average Bonchev–Trinajstić information content (AvgIpc) is 2.04. The number of aliphatic hydroxyl groups excluding tert-OH is 1. The molecule has 5 heteroatoms. The monoisotopic (exact) mass is 208 g/mol. The minimum Gasteiger partial charge on any atom is -0.376 e. The van der Waals surface area contributed by atoms with Crippen LogP contribution in [-0.2, 0) is 4.57 Å². The van der Waals surface area contributed by atoms with Crippen molar-refractivity contribution in [1.82, 2.24) is 0 Å². The molecule has 78 valence electrons. The molecular formula is C8H17O4P. The smallest absolute Gasteiger partial charge is 0.357 e. The van der Waals surface area contributed by atoms with Crippen molar-refractivity contribution in [1.29, 1.82) is 0 Å². The van der Waals surface area contributed by atoms with Gasteiger partial charge >= 0.3 is 7.60 Å². The maximum atomic E-state index is 10.7. The third kappa shape index (κ3) is 4.58. The summed E-state index contributed by atoms with van der Waals surface area (Å²) in [5.41, 5.74) is 0.426. The molecule has 0 saturated heterocycles. The van der Waals surface area contributed by atoms with Gasteiger partial charge in [0.15, 0.2) is 5.85 Å². The van der Waals surface area contributed by atoms with E-state index in [4.69, 9.17) is 9.79 Å². The Balaban J connectivity index is 4.50. The summed E-state index contributed by atoms with van der Waals surface area (Å²) in [5.74, 6) is -1.62. The zero-order valence-corrected chi connectivity index (χ0v) is 8.87. The number of hydrogen-bond acceptors (Lipinski definition) is 2. The van der Waals surface area contributed by atoms with E-state index >= 15 is 0 Å². The van der Waals surface area contributed by atoms with Crippen LogP contribution in [0.3, 0.4) is 0 Å². The Kier molecular flexibility index (Phi) is 5.49. The molecule has 1 unspecified atom stereocenters. The van der Waals surface area contributed by atoms with E-state index in [2.05, 4.69) is 0 Å². The minimum absolute atomic E-state index is 0.426. The Morgan fingerprint density at radius 2 is 2.00 bits per heavy atom. The van der Waals surface area contributed by atoms with Gasteiger partial charge in [0.2, 0.25) is 0 Å². The molecule has 0 bridgehead atoms.